The molecule has 0 aliphatic rings. The van der Waals surface area contributed by atoms with Crippen LogP contribution in [0.25, 0.3) is 0 Å². The van der Waals surface area contributed by atoms with Crippen molar-refractivity contribution < 1.29 is 2650 Å². The zero-order valence-electron chi connectivity index (χ0n) is 75.3. The smallest absolute Gasteiger partial charge is 0 e. The Balaban J connectivity index is -0.000000000593. The van der Waals surface area contributed by atoms with Crippen LogP contribution in [0.2, 0.25) is 0 Å². The van der Waals surface area contributed by atoms with E-state index in [4.69, 9.17) is 0 Å². The van der Waals surface area contributed by atoms with Gasteiger partial charge in [0.25, 0.3) is 0 Å². The van der Waals surface area contributed by atoms with Crippen molar-refractivity contribution in [2.45, 2.75) is 121 Å². The van der Waals surface area contributed by atoms with Gasteiger partial charge < -0.3 is 77.7 Å². The summed E-state index contributed by atoms with van der Waals surface area (Å²) in [6, 6.07) is 6.96. The molecule has 0 heterocycles. The molecular weight excluding hydrogens is 7620 g/mol. The molecule has 0 saturated heterocycles. The molecule has 1 aromatic carbocycles. The van der Waals surface area contributed by atoms with Gasteiger partial charge in [-0.1, -0.05) is 120 Å². The second kappa shape index (κ2) is 648. The zero-order chi connectivity index (χ0) is 24.3. The Labute approximate surface area is 2780 Å². The van der Waals surface area contributed by atoms with Crippen LogP contribution in [0.3, 0.4) is 0 Å². The van der Waals surface area contributed by atoms with Crippen LogP contribution in [-0.4, -0.2) is 0 Å². The minimum absolute atomic E-state index is 0. The fraction of sp³-hybridized carbons (Fsp3) is 0.543. The maximum Gasteiger partial charge on any atom is 0 e. The summed E-state index contributed by atoms with van der Waals surface area (Å²) in [4.78, 5) is 0. The Morgan fingerprint density at radius 1 is 0.129 bits per heavy atom. The summed E-state index contributed by atoms with van der Waals surface area (Å²) >= 11 is 0. The number of hydrogen-bond acceptors (Lipinski definition) is 0. The third-order valence-electron chi connectivity index (χ3n) is 2.34. The van der Waals surface area contributed by atoms with E-state index in [1.807, 2.05) is 0 Å². The third kappa shape index (κ3) is 725. The van der Waals surface area contributed by atoms with Gasteiger partial charge in [-0.25, -0.2) is 0 Å². The summed E-state index contributed by atoms with van der Waals surface area (Å²) in [5, 5.41) is 0. The molecule has 0 aliphatic carbocycles. The Kier molecular flexibility index (Phi) is 3730. The third-order valence-corrected chi connectivity index (χ3v) is 2.34. The first kappa shape index (κ1) is 669. The minimum Gasteiger partial charge on any atom is -0.584 e. The maximum atomic E-state index is 3.44. The second-order valence-electron chi connectivity index (χ2n) is 7.55. The molecule has 0 atom stereocenters. The summed E-state index contributed by atoms with van der Waals surface area (Å²) in [6.07, 6.45) is 8.46. The first-order valence-electron chi connectivity index (χ1n) is 12.0. The number of hydrogen-bond donors (Lipinski definition) is 0. The van der Waals surface area contributed by atoms with Crippen LogP contribution in [0.1, 0.15) is 119 Å². The Morgan fingerprint density at radius 2 is 0.155 bits per heavy atom. The molecule has 0 N–H and O–H groups in total. The normalized spacial score (nSPS) is 2.20. The Bertz CT molecular complexity index is 401. The molecule has 116 heavy (non-hydrogen) atoms. The van der Waals surface area contributed by atoms with Crippen LogP contribution >= 0.6 is 0 Å². The molecule has 0 unspecified atom stereocenters. The van der Waals surface area contributed by atoms with Crippen molar-refractivity contribution in [3.05, 3.63) is 107 Å². The van der Waals surface area contributed by atoms with Gasteiger partial charge >= 0.3 is 0 Å². The van der Waals surface area contributed by atoms with E-state index in [0.717, 1.165) is 19.3 Å². The van der Waals surface area contributed by atoms with Crippen molar-refractivity contribution in [1.82, 2.24) is 0 Å². The van der Waals surface area contributed by atoms with Crippen LogP contribution in [-0.2, 0) is 2670 Å². The fourth-order valence-corrected chi connectivity index (χ4v) is 1.45. The predicted octanol–water partition coefficient (Wildman–Crippen LogP) is 12.8. The number of benzene rings is 1. The standard InChI is InChI=1S/C12H18.C5H8.4C3H8.6CH3.81Y/c1-4-10-7-11(5-2)9-12(6-3)8-10;1-5(2,3)4;4*1-3-2;;;;;;;;;;;;;;;;;;;;;;;;;;;;;;;;;;;;;;;;;;;;;;;;;;;;;;;;;;;;;;;;;;;;;;;;;;;;;;;;;;;;;;;/h7-9H,4-6H2,1-3H3;1-4H2;4*3H2,1-2H3;6*1H3;;;;;;;;;;;;;;;;;;;;;;;;;;;;;;;;;;;;;;;;;;;;;;;;;;;;;;;;;;;;;;;;;;;;;;;;;;;;;;;;;/q;-4;;;;;6*-1;;;;;;;;;;;;;;;;;;;;;;;;;;;;;;;;;;;;;;;;;;;;;;;;;;;;;;;;;;;;;;;;;;;;;;;;;;;;;;;;;. The van der Waals surface area contributed by atoms with Gasteiger partial charge in [-0.2, -0.15) is 0 Å². The number of rotatable bonds is 3. The van der Waals surface area contributed by atoms with Crippen LogP contribution in [0.5, 0.6) is 0 Å². The van der Waals surface area contributed by atoms with Crippen molar-refractivity contribution in [2.24, 2.45) is 5.41 Å². The number of aryl methyl sites for hydroxylation is 3. The molecule has 1 rings (SSSR count). The molecule has 0 nitrogen and oxygen atoms in total. The van der Waals surface area contributed by atoms with Crippen molar-refractivity contribution in [3.8, 4) is 0 Å². The van der Waals surface area contributed by atoms with Crippen molar-refractivity contribution >= 4 is 0 Å². The van der Waals surface area contributed by atoms with Crippen LogP contribution in [0.15, 0.2) is 18.2 Å². The summed E-state index contributed by atoms with van der Waals surface area (Å²) in [7, 11) is 0. The van der Waals surface area contributed by atoms with Crippen LogP contribution < -0.4 is 0 Å². The van der Waals surface area contributed by atoms with E-state index < -0.39 is 5.41 Å². The monoisotopic (exact) mass is 7700 g/mol. The van der Waals surface area contributed by atoms with Gasteiger partial charge in [-0.15, -0.1) is 0 Å². The van der Waals surface area contributed by atoms with Gasteiger partial charge in [-0.3, -0.25) is 0 Å². The van der Waals surface area contributed by atoms with Gasteiger partial charge in [0.1, 0.15) is 0 Å². The minimum atomic E-state index is -0.500. The average Bonchev–Trinajstić information content (AvgIpc) is 2.62. The summed E-state index contributed by atoms with van der Waals surface area (Å²) in [5.74, 6) is 0. The molecule has 81 heteroatoms. The molecule has 0 bridgehead atoms. The Morgan fingerprint density at radius 3 is 0.172 bits per heavy atom. The molecule has 469 valence electrons. The van der Waals surface area contributed by atoms with Crippen molar-refractivity contribution in [2.75, 3.05) is 0 Å². The van der Waals surface area contributed by atoms with Crippen LogP contribution in [0.4, 0.5) is 0 Å². The first-order chi connectivity index (χ1) is 13.5. The second-order valence-corrected chi connectivity index (χ2v) is 7.55. The van der Waals surface area contributed by atoms with E-state index in [-0.39, 0.29) is 2690 Å². The van der Waals surface area contributed by atoms with Crippen LogP contribution in [0, 0.1) is 77.7 Å². The van der Waals surface area contributed by atoms with Gasteiger partial charge in [0.05, 0.1) is 0 Å². The van der Waals surface area contributed by atoms with E-state index in [1.165, 1.54) is 42.4 Å². The summed E-state index contributed by atoms with van der Waals surface area (Å²) in [6.45, 7) is 37.4. The fourth-order valence-electron chi connectivity index (χ4n) is 1.45. The molecule has 81 radical (unpaired) electrons. The maximum absolute atomic E-state index is 3.44. The topological polar surface area (TPSA) is 0 Å². The van der Waals surface area contributed by atoms with E-state index in [9.17, 15) is 0 Å². The molecule has 0 saturated carbocycles. The van der Waals surface area contributed by atoms with Gasteiger partial charge in [0.2, 0.25) is 0 Å². The van der Waals surface area contributed by atoms with Gasteiger partial charge in [0, 0.05) is 2650 Å². The Hall–Kier alpha value is 88.6. The average molecular weight is 7700 g/mol. The molecule has 0 amide bonds. The molecule has 0 aromatic heterocycles. The molecule has 1 aromatic rings. The van der Waals surface area contributed by atoms with E-state index in [2.05, 4.69) is 122 Å². The molecule has 0 spiro atoms. The first-order valence-corrected chi connectivity index (χ1v) is 12.0. The zero-order valence-corrected chi connectivity index (χ0v) is 305. The van der Waals surface area contributed by atoms with Gasteiger partial charge in [-0.05, 0) is 36.0 Å². The van der Waals surface area contributed by atoms with Crippen molar-refractivity contribution in [3.63, 3.8) is 0 Å². The van der Waals surface area contributed by atoms with E-state index in [0.29, 0.717) is 0 Å². The largest absolute Gasteiger partial charge is 0.584 e. The van der Waals surface area contributed by atoms with E-state index in [1.54, 1.807) is 0 Å². The quantitative estimate of drug-likeness (QED) is 0.265. The van der Waals surface area contributed by atoms with Gasteiger partial charge in [0.15, 0.2) is 0 Å². The predicted molar refractivity (Wildman–Crippen MR) is 181 cm³/mol. The summed E-state index contributed by atoms with van der Waals surface area (Å²) in [5.41, 5.74) is 3.93. The summed E-state index contributed by atoms with van der Waals surface area (Å²) < 4.78 is 0. The van der Waals surface area contributed by atoms with Crippen molar-refractivity contribution in [1.29, 1.82) is 0 Å². The SMILES string of the molecule is CCC.CCC.CCC.CCC.CCc1cc(CC)cc(CC)c1.[CH2-]C([CH2-])([CH2-])[CH2-].[CH3-].[CH3-].[CH3-].[CH3-].[CH3-].[CH3-].[Y].[Y].[Y].[Y].[Y].[Y].[Y].[Y].[Y].[Y].[Y].[Y].[Y].[Y].[Y].[Y].[Y].[Y].[Y].[Y].[Y].[Y].[Y].[Y].[Y].[Y].[Y].[Y].[Y].[Y].[Y].[Y].[Y].[Y].[Y].[Y].[Y].[Y].[Y].[Y].[Y].[Y].[Y].[Y].[Y].[Y].[Y].[Y].[Y].[Y].[Y].[Y].[Y].[Y].[Y].[Y].[Y].[Y].[Y].[Y].[Y].[Y].[Y].[Y].[Y].[Y].[Y].[Y].[Y].[Y].[Y].[Y].[Y].[Y].[Y].[Y].[Y].[Y].[Y].[Y].[Y]. The van der Waals surface area contributed by atoms with E-state index >= 15 is 0 Å². The molecule has 0 fully saturated rings. The molecular formula is C35H76Y81-10. The molecule has 0 aliphatic heterocycles.